The number of furan rings is 4. The number of pyridine rings is 8. The Hall–Kier alpha value is -13.5. The molecular formula is C128H112Ir4N8O4Si4-8. The third kappa shape index (κ3) is 28.5. The number of aromatic nitrogens is 8. The summed E-state index contributed by atoms with van der Waals surface area (Å²) in [5.74, 6) is 0. The standard InChI is InChI=1S/4C20H18NOSi.4C12H10N.4Ir/c1-23(2,3)20-11-7-5-9-15(20)17-12-16-14-8-4-6-10-18(14)22-19(16)13-21-17;2*1-23(2,3)15-8-6-7-14(11-15)18-12-17-16-9-4-5-10-19(16)22-20(17)13-21-18;1-23(2,3)15-10-8-14(9-11-15)18-12-17-16-6-4-5-7-19(16)22-20(17)13-21-18;4*1-10-7-8-12(13-9-10)11-5-3-2-4-6-11;;;;/h4-8,10-13H,1-3H3;4-6,8-13H,1-3H3;4-10,12-13H,1-3H3;4-8,10-13H,1-3H3;4*2-5,7-9H,1H3;;;;/q8*-1;;;;/i;;;;4*1D3;;;;. The third-order valence-electron chi connectivity index (χ3n) is 23.7. The largest absolute Gasteiger partial charge is 0.455 e. The Bertz CT molecular complexity index is 8440. The van der Waals surface area contributed by atoms with E-state index in [-0.39, 0.29) is 103 Å². The van der Waals surface area contributed by atoms with Gasteiger partial charge in [-0.1, -0.05) is 224 Å². The molecule has 12 heterocycles. The maximum absolute atomic E-state index is 7.23. The molecule has 12 aromatic carbocycles. The summed E-state index contributed by atoms with van der Waals surface area (Å²) in [4.78, 5) is 34.9. The van der Waals surface area contributed by atoms with Crippen LogP contribution in [0.2, 0.25) is 78.6 Å². The zero-order chi connectivity index (χ0) is 110. The van der Waals surface area contributed by atoms with Gasteiger partial charge in [0, 0.05) is 181 Å². The van der Waals surface area contributed by atoms with Crippen LogP contribution < -0.4 is 20.7 Å². The summed E-state index contributed by atoms with van der Waals surface area (Å²) < 4.78 is 110. The number of para-hydroxylation sites is 4. The Morgan fingerprint density at radius 1 is 0.216 bits per heavy atom. The van der Waals surface area contributed by atoms with E-state index in [4.69, 9.17) is 34.1 Å². The molecule has 0 bridgehead atoms. The van der Waals surface area contributed by atoms with Crippen molar-refractivity contribution in [2.24, 2.45) is 0 Å². The van der Waals surface area contributed by atoms with Gasteiger partial charge in [-0.2, -0.15) is 0 Å². The van der Waals surface area contributed by atoms with E-state index in [1.54, 1.807) is 72.8 Å². The van der Waals surface area contributed by atoms with Crippen molar-refractivity contribution < 1.29 is 115 Å². The molecule has 148 heavy (non-hydrogen) atoms. The number of aryl methyl sites for hydroxylation is 4. The Morgan fingerprint density at radius 2 is 0.534 bits per heavy atom. The number of benzene rings is 12. The van der Waals surface area contributed by atoms with Gasteiger partial charge in [-0.25, -0.2) is 0 Å². The minimum absolute atomic E-state index is 0. The molecule has 0 saturated carbocycles. The molecule has 748 valence electrons. The third-order valence-corrected chi connectivity index (χ3v) is 31.8. The number of hydrogen-bond donors (Lipinski definition) is 0. The van der Waals surface area contributed by atoms with E-state index in [0.717, 1.165) is 178 Å². The van der Waals surface area contributed by atoms with Crippen LogP contribution in [0.3, 0.4) is 0 Å². The molecule has 0 spiro atoms. The summed E-state index contributed by atoms with van der Waals surface area (Å²) in [5, 5.41) is 14.5. The monoisotopic (exact) mass is 2720 g/mol. The molecule has 20 heteroatoms. The zero-order valence-electron chi connectivity index (χ0n) is 95.5. The molecular weight excluding hydrogens is 2590 g/mol. The molecule has 24 aromatic rings. The molecule has 0 fully saturated rings. The maximum atomic E-state index is 7.23. The topological polar surface area (TPSA) is 156 Å². The van der Waals surface area contributed by atoms with Gasteiger partial charge in [-0.05, 0) is 119 Å². The molecule has 0 saturated heterocycles. The molecule has 12 aromatic heterocycles. The van der Waals surface area contributed by atoms with Crippen LogP contribution in [-0.2, 0) is 80.4 Å². The van der Waals surface area contributed by atoms with Gasteiger partial charge >= 0.3 is 0 Å². The van der Waals surface area contributed by atoms with Crippen molar-refractivity contribution in [1.82, 2.24) is 39.9 Å². The fraction of sp³-hybridized carbons (Fsp3) is 0.125. The summed E-state index contributed by atoms with van der Waals surface area (Å²) in [5.41, 5.74) is 22.4. The van der Waals surface area contributed by atoms with E-state index in [2.05, 4.69) is 276 Å². The van der Waals surface area contributed by atoms with E-state index in [1.165, 1.54) is 45.5 Å². The molecule has 0 aliphatic rings. The first kappa shape index (κ1) is 95.4. The van der Waals surface area contributed by atoms with Crippen LogP contribution in [0.4, 0.5) is 0 Å². The number of hydrogen-bond acceptors (Lipinski definition) is 12. The Balaban J connectivity index is 0.000000151. The van der Waals surface area contributed by atoms with Crippen LogP contribution in [-0.4, -0.2) is 72.2 Å². The second kappa shape index (κ2) is 50.9. The van der Waals surface area contributed by atoms with Crippen molar-refractivity contribution in [2.75, 3.05) is 0 Å². The van der Waals surface area contributed by atoms with Gasteiger partial charge in [-0.15, -0.1) is 284 Å². The Labute approximate surface area is 943 Å². The van der Waals surface area contributed by atoms with Crippen LogP contribution in [0.1, 0.15) is 38.7 Å². The van der Waals surface area contributed by atoms with Gasteiger partial charge in [0.05, 0.1) is 40.9 Å². The predicted octanol–water partition coefficient (Wildman–Crippen LogP) is 31.4. The minimum atomic E-state index is -2.09. The van der Waals surface area contributed by atoms with Gasteiger partial charge in [0.1, 0.15) is 22.3 Å². The van der Waals surface area contributed by atoms with Gasteiger partial charge in [-0.3, -0.25) is 0 Å². The Morgan fingerprint density at radius 3 is 0.858 bits per heavy atom. The molecule has 4 radical (unpaired) electrons. The van der Waals surface area contributed by atoms with Crippen LogP contribution in [0.15, 0.2) is 407 Å². The second-order valence-corrected chi connectivity index (χ2v) is 58.6. The summed E-state index contributed by atoms with van der Waals surface area (Å²) in [6.45, 7) is 19.8. The fourth-order valence-corrected chi connectivity index (χ4v) is 20.9. The van der Waals surface area contributed by atoms with Gasteiger partial charge in [0.15, 0.2) is 22.3 Å². The van der Waals surface area contributed by atoms with Crippen molar-refractivity contribution in [3.05, 3.63) is 460 Å². The number of fused-ring (bicyclic) bond motifs is 12. The summed E-state index contributed by atoms with van der Waals surface area (Å²) in [7, 11) is -5.49. The average Bonchev–Trinajstić information content (AvgIpc) is 1.64. The molecule has 24 rings (SSSR count). The van der Waals surface area contributed by atoms with Crippen LogP contribution in [0, 0.1) is 75.9 Å². The smallest absolute Gasteiger partial charge is 0.151 e. The molecule has 0 aliphatic carbocycles. The quantitative estimate of drug-likeness (QED) is 0.0844. The number of nitrogens with zero attached hydrogens (tertiary/aromatic N) is 8. The summed E-state index contributed by atoms with van der Waals surface area (Å²) >= 11 is 0. The first-order chi connectivity index (χ1) is 74.4. The van der Waals surface area contributed by atoms with Crippen LogP contribution in [0.25, 0.3) is 178 Å². The maximum Gasteiger partial charge on any atom is 0.151 e. The van der Waals surface area contributed by atoms with Gasteiger partial charge < -0.3 is 57.5 Å². The molecule has 0 amide bonds. The van der Waals surface area contributed by atoms with Crippen LogP contribution in [0.5, 0.6) is 0 Å². The van der Waals surface area contributed by atoms with Gasteiger partial charge in [0.25, 0.3) is 0 Å². The van der Waals surface area contributed by atoms with E-state index in [9.17, 15) is 0 Å². The van der Waals surface area contributed by atoms with E-state index >= 15 is 0 Å². The minimum Gasteiger partial charge on any atom is -0.455 e. The van der Waals surface area contributed by atoms with Crippen molar-refractivity contribution >= 4 is 141 Å². The first-order valence-corrected chi connectivity index (χ1v) is 61.3. The summed E-state index contributed by atoms with van der Waals surface area (Å²) in [6.07, 6.45) is 12.8. The first-order valence-electron chi connectivity index (χ1n) is 53.3. The normalized spacial score (nSPS) is 12.6. The molecule has 0 N–H and O–H groups in total. The van der Waals surface area contributed by atoms with E-state index < -0.39 is 59.7 Å². The van der Waals surface area contributed by atoms with Crippen molar-refractivity contribution in [3.8, 4) is 90.1 Å². The molecule has 12 nitrogen and oxygen atoms in total. The van der Waals surface area contributed by atoms with Crippen molar-refractivity contribution in [2.45, 2.75) is 106 Å². The molecule has 0 aliphatic heterocycles. The second-order valence-electron chi connectivity index (χ2n) is 38.4. The predicted molar refractivity (Wildman–Crippen MR) is 608 cm³/mol. The Kier molecular flexibility index (Phi) is 32.8. The van der Waals surface area contributed by atoms with Gasteiger partial charge in [0.2, 0.25) is 0 Å². The van der Waals surface area contributed by atoms with E-state index in [1.807, 2.05) is 183 Å². The SMILES string of the molecule is C[Si](C)(C)c1[c-]c(-c2cc3c(cn2)oc2ccccc23)ccc1.C[Si](C)(C)c1c[c-]c(-c2cc3c(cn2)oc2ccccc23)cc1.C[Si](C)(C)c1cc[c-]c(-c2cc3c(cn2)oc2ccccc23)c1.C[Si](C)(C)c1ccc[c-]c1-c1cc2c(cn1)oc1ccccc12.[2H]C([2H])([2H])c1ccc(-c2[c-]cccc2)nc1.[2H]C([2H])([2H])c1ccc(-c2[c-]cccc2)nc1.[2H]C([2H])([2H])c1ccc(-c2[c-]cccc2)nc1.[2H]C([2H])([2H])c1ccc(-c2[c-]cccc2)nc1.[Ir].[Ir].[Ir].[Ir]. The van der Waals surface area contributed by atoms with Crippen molar-refractivity contribution in [1.29, 1.82) is 0 Å². The van der Waals surface area contributed by atoms with E-state index in [0.29, 0.717) is 0 Å². The van der Waals surface area contributed by atoms with Crippen molar-refractivity contribution in [3.63, 3.8) is 0 Å². The molecule has 0 unspecified atom stereocenters. The summed E-state index contributed by atoms with van der Waals surface area (Å²) in [6, 6.07) is 135. The average molecular weight is 2720 g/mol. The van der Waals surface area contributed by atoms with Crippen LogP contribution >= 0.6 is 0 Å². The number of rotatable bonds is 12. The zero-order valence-corrected chi connectivity index (χ0v) is 97.1. The molecule has 0 atom stereocenters. The fourth-order valence-electron chi connectivity index (χ4n) is 16.0.